The van der Waals surface area contributed by atoms with Crippen LogP contribution in [0.2, 0.25) is 0 Å². The van der Waals surface area contributed by atoms with Crippen molar-refractivity contribution in [3.63, 3.8) is 0 Å². The lowest BCUT2D eigenvalue weighted by Gasteiger charge is -2.17. The molecule has 1 amide bonds. The summed E-state index contributed by atoms with van der Waals surface area (Å²) in [5, 5.41) is 22.3. The maximum absolute atomic E-state index is 12.8. The van der Waals surface area contributed by atoms with Crippen LogP contribution in [0.3, 0.4) is 0 Å². The number of rotatable bonds is 6. The summed E-state index contributed by atoms with van der Waals surface area (Å²) in [5.74, 6) is -2.87. The Hall–Kier alpha value is -4.17. The second-order valence-corrected chi connectivity index (χ2v) is 10.8. The van der Waals surface area contributed by atoms with Crippen molar-refractivity contribution >= 4 is 33.3 Å². The predicted molar refractivity (Wildman–Crippen MR) is 141 cm³/mol. The minimum absolute atomic E-state index is 0.0696. The standard InChI is InChI=1S/C24H26N4O4S.C2HF3O2/c1-14-17(11-12-21(28-30)23(14)25)19-13-20(19)24(29)27-16-9-7-15(8-10-16)18-5-3-4-6-22(18)33(31,32)26-2;3-2(4,5)1(6)7/h3-11,19-20,26,30H,12-13,25H2,1-2H3,(H,27,29);(H,6,7)/t19-,20-;/m1./s1. The number of nitrogens with one attached hydrogen (secondary N) is 2. The Morgan fingerprint density at radius 1 is 1.10 bits per heavy atom. The van der Waals surface area contributed by atoms with Crippen LogP contribution in [0.4, 0.5) is 18.9 Å². The molecule has 2 aromatic rings. The number of hydrogen-bond donors (Lipinski definition) is 5. The average Bonchev–Trinajstić information content (AvgIpc) is 3.71. The first kappa shape index (κ1) is 30.4. The summed E-state index contributed by atoms with van der Waals surface area (Å²) < 4.78 is 58.7. The van der Waals surface area contributed by atoms with Crippen LogP contribution in [0.1, 0.15) is 19.8 Å². The normalized spacial score (nSPS) is 19.8. The van der Waals surface area contributed by atoms with Crippen LogP contribution < -0.4 is 15.8 Å². The summed E-state index contributed by atoms with van der Waals surface area (Å²) in [6.45, 7) is 1.88. The van der Waals surface area contributed by atoms with Gasteiger partial charge in [-0.1, -0.05) is 41.6 Å². The Balaban J connectivity index is 0.000000559. The zero-order valence-corrected chi connectivity index (χ0v) is 22.2. The number of aliphatic carboxylic acids is 1. The SMILES string of the molecule is CNS(=O)(=O)c1ccccc1-c1ccc(NC(=O)[C@@H]2C[C@@H]2C2=CCC(=NO)C(N)=C2C)cc1.O=C(O)C(F)(F)F. The van der Waals surface area contributed by atoms with E-state index >= 15 is 0 Å². The van der Waals surface area contributed by atoms with Gasteiger partial charge in [-0.3, -0.25) is 4.79 Å². The zero-order valence-electron chi connectivity index (χ0n) is 21.4. The third-order valence-corrected chi connectivity index (χ3v) is 7.93. The van der Waals surface area contributed by atoms with Gasteiger partial charge >= 0.3 is 12.1 Å². The largest absolute Gasteiger partial charge is 0.490 e. The molecule has 214 valence electrons. The molecule has 0 aliphatic heterocycles. The van der Waals surface area contributed by atoms with Gasteiger partial charge in [-0.2, -0.15) is 13.2 Å². The lowest BCUT2D eigenvalue weighted by atomic mass is 9.91. The first-order valence-corrected chi connectivity index (χ1v) is 13.3. The van der Waals surface area contributed by atoms with E-state index in [1.54, 1.807) is 48.5 Å². The number of nitrogens with two attached hydrogens (primary N) is 1. The van der Waals surface area contributed by atoms with Crippen molar-refractivity contribution in [2.45, 2.75) is 30.8 Å². The van der Waals surface area contributed by atoms with Gasteiger partial charge < -0.3 is 21.4 Å². The molecule has 1 saturated carbocycles. The number of allylic oxidation sites excluding steroid dienone is 4. The van der Waals surface area contributed by atoms with Gasteiger partial charge in [0.1, 0.15) is 5.71 Å². The van der Waals surface area contributed by atoms with E-state index in [-0.39, 0.29) is 22.6 Å². The van der Waals surface area contributed by atoms with Gasteiger partial charge in [0.25, 0.3) is 0 Å². The van der Waals surface area contributed by atoms with Crippen LogP contribution in [0, 0.1) is 11.8 Å². The summed E-state index contributed by atoms with van der Waals surface area (Å²) in [6.07, 6.45) is -1.92. The minimum atomic E-state index is -5.08. The van der Waals surface area contributed by atoms with Crippen molar-refractivity contribution in [1.29, 1.82) is 0 Å². The van der Waals surface area contributed by atoms with Crippen LogP contribution >= 0.6 is 0 Å². The lowest BCUT2D eigenvalue weighted by molar-refractivity contribution is -0.192. The van der Waals surface area contributed by atoms with E-state index in [1.165, 1.54) is 7.05 Å². The molecule has 6 N–H and O–H groups in total. The Bertz CT molecular complexity index is 1500. The molecule has 2 atom stereocenters. The summed E-state index contributed by atoms with van der Waals surface area (Å²) in [7, 11) is -2.22. The Kier molecular flexibility index (Phi) is 9.05. The molecule has 0 radical (unpaired) electrons. The predicted octanol–water partition coefficient (Wildman–Crippen LogP) is 3.86. The van der Waals surface area contributed by atoms with Crippen molar-refractivity contribution in [2.75, 3.05) is 12.4 Å². The quantitative estimate of drug-likeness (QED) is 0.255. The number of carboxylic acid groups (broad SMARTS) is 1. The topological polar surface area (TPSA) is 171 Å². The number of carbonyl (C=O) groups excluding carboxylic acids is 1. The molecule has 0 bridgehead atoms. The maximum atomic E-state index is 12.8. The molecule has 2 aliphatic carbocycles. The Morgan fingerprint density at radius 2 is 1.70 bits per heavy atom. The number of carbonyl (C=O) groups is 2. The molecular weight excluding hydrogens is 553 g/mol. The number of hydrogen-bond acceptors (Lipinski definition) is 7. The average molecular weight is 581 g/mol. The van der Waals surface area contributed by atoms with E-state index in [2.05, 4.69) is 15.2 Å². The number of sulfonamides is 1. The van der Waals surface area contributed by atoms with Gasteiger partial charge in [-0.15, -0.1) is 0 Å². The highest BCUT2D eigenvalue weighted by molar-refractivity contribution is 7.89. The van der Waals surface area contributed by atoms with E-state index < -0.39 is 22.2 Å². The molecule has 40 heavy (non-hydrogen) atoms. The molecule has 0 aromatic heterocycles. The fraction of sp³-hybridized carbons (Fsp3) is 0.269. The molecule has 0 spiro atoms. The van der Waals surface area contributed by atoms with Crippen LogP contribution in [-0.4, -0.2) is 49.5 Å². The van der Waals surface area contributed by atoms with Crippen LogP contribution in [0.25, 0.3) is 11.1 Å². The molecule has 2 aliphatic rings. The van der Waals surface area contributed by atoms with Crippen molar-refractivity contribution in [1.82, 2.24) is 4.72 Å². The molecular formula is C26H27F3N4O6S. The van der Waals surface area contributed by atoms with Crippen molar-refractivity contribution < 1.29 is 41.5 Å². The van der Waals surface area contributed by atoms with E-state index in [1.807, 2.05) is 13.0 Å². The molecule has 2 aromatic carbocycles. The van der Waals surface area contributed by atoms with Gasteiger partial charge in [-0.25, -0.2) is 17.9 Å². The molecule has 10 nitrogen and oxygen atoms in total. The zero-order chi connectivity index (χ0) is 29.8. The first-order valence-electron chi connectivity index (χ1n) is 11.8. The van der Waals surface area contributed by atoms with Gasteiger partial charge in [0, 0.05) is 23.6 Å². The fourth-order valence-electron chi connectivity index (χ4n) is 4.21. The summed E-state index contributed by atoms with van der Waals surface area (Å²) >= 11 is 0. The van der Waals surface area contributed by atoms with Crippen molar-refractivity contribution in [3.05, 3.63) is 71.5 Å². The third kappa shape index (κ3) is 6.87. The summed E-state index contributed by atoms with van der Waals surface area (Å²) in [5.41, 5.74) is 10.8. The van der Waals surface area contributed by atoms with Gasteiger partial charge in [0.2, 0.25) is 15.9 Å². The molecule has 0 saturated heterocycles. The van der Waals surface area contributed by atoms with Gasteiger partial charge in [0.05, 0.1) is 10.6 Å². The number of anilines is 1. The van der Waals surface area contributed by atoms with Crippen LogP contribution in [0.5, 0.6) is 0 Å². The highest BCUT2D eigenvalue weighted by Gasteiger charge is 2.46. The Labute approximate surface area is 228 Å². The second-order valence-electron chi connectivity index (χ2n) is 8.97. The van der Waals surface area contributed by atoms with Crippen LogP contribution in [0.15, 0.2) is 81.5 Å². The number of carboxylic acids is 1. The highest BCUT2D eigenvalue weighted by Crippen LogP contribution is 2.48. The summed E-state index contributed by atoms with van der Waals surface area (Å²) in [4.78, 5) is 21.9. The number of amides is 1. The van der Waals surface area contributed by atoms with Gasteiger partial charge in [0.15, 0.2) is 0 Å². The number of oxime groups is 1. The van der Waals surface area contributed by atoms with Crippen LogP contribution in [-0.2, 0) is 19.6 Å². The number of nitrogens with zero attached hydrogens (tertiary/aromatic N) is 1. The first-order chi connectivity index (χ1) is 18.7. The van der Waals surface area contributed by atoms with E-state index in [0.29, 0.717) is 29.1 Å². The van der Waals surface area contributed by atoms with Gasteiger partial charge in [-0.05, 0) is 61.2 Å². The number of benzene rings is 2. The number of halogens is 3. The smallest absolute Gasteiger partial charge is 0.475 e. The van der Waals surface area contributed by atoms with E-state index in [0.717, 1.165) is 23.1 Å². The third-order valence-electron chi connectivity index (χ3n) is 6.46. The number of alkyl halides is 3. The minimum Gasteiger partial charge on any atom is -0.475 e. The molecule has 4 rings (SSSR count). The maximum Gasteiger partial charge on any atom is 0.490 e. The molecule has 14 heteroatoms. The van der Waals surface area contributed by atoms with Crippen molar-refractivity contribution in [2.24, 2.45) is 22.7 Å². The lowest BCUT2D eigenvalue weighted by Crippen LogP contribution is -2.21. The molecule has 0 unspecified atom stereocenters. The highest BCUT2D eigenvalue weighted by atomic mass is 32.2. The molecule has 0 heterocycles. The fourth-order valence-corrected chi connectivity index (χ4v) is 5.16. The second kappa shape index (κ2) is 11.9. The summed E-state index contributed by atoms with van der Waals surface area (Å²) in [6, 6.07) is 13.9. The van der Waals surface area contributed by atoms with E-state index in [4.69, 9.17) is 20.8 Å². The Morgan fingerprint density at radius 3 is 2.25 bits per heavy atom. The van der Waals surface area contributed by atoms with E-state index in [9.17, 15) is 26.4 Å². The monoisotopic (exact) mass is 580 g/mol. The van der Waals surface area contributed by atoms with Crippen molar-refractivity contribution in [3.8, 4) is 11.1 Å². The molecule has 1 fully saturated rings.